The largest absolute Gasteiger partial charge is 0.481 e. The van der Waals surface area contributed by atoms with Crippen LogP contribution in [0.3, 0.4) is 0 Å². The standard InChI is InChI=1S/C20H24N2O5/c1-14(23)22-9-7-15-5-3-4-6-16(15)17(22)11-18(24)21-10-8-20(12-21,13-27-2)19(25)26/h3-7,9,17H,8,10-13H2,1-2H3,(H,25,26). The third kappa shape index (κ3) is 3.60. The van der Waals surface area contributed by atoms with Gasteiger partial charge < -0.3 is 19.6 Å². The monoisotopic (exact) mass is 372 g/mol. The summed E-state index contributed by atoms with van der Waals surface area (Å²) in [7, 11) is 1.46. The van der Waals surface area contributed by atoms with E-state index in [0.717, 1.165) is 11.1 Å². The van der Waals surface area contributed by atoms with E-state index in [9.17, 15) is 19.5 Å². The number of carbonyl (C=O) groups excluding carboxylic acids is 2. The highest BCUT2D eigenvalue weighted by atomic mass is 16.5. The SMILES string of the molecule is COCC1(C(=O)O)CCN(C(=O)CC2c3ccccc3C=CN2C(C)=O)C1. The van der Waals surface area contributed by atoms with Gasteiger partial charge in [0, 0.05) is 33.3 Å². The molecule has 2 heterocycles. The first-order valence-corrected chi connectivity index (χ1v) is 8.94. The normalized spacial score (nSPS) is 24.0. The number of rotatable bonds is 5. The summed E-state index contributed by atoms with van der Waals surface area (Å²) in [4.78, 5) is 39.8. The van der Waals surface area contributed by atoms with Crippen LogP contribution in [-0.2, 0) is 19.1 Å². The predicted molar refractivity (Wildman–Crippen MR) is 98.5 cm³/mol. The number of carboxylic acids is 1. The zero-order valence-corrected chi connectivity index (χ0v) is 15.6. The van der Waals surface area contributed by atoms with Crippen molar-refractivity contribution >= 4 is 23.9 Å². The molecule has 0 saturated carbocycles. The Morgan fingerprint density at radius 3 is 2.70 bits per heavy atom. The summed E-state index contributed by atoms with van der Waals surface area (Å²) in [6.07, 6.45) is 4.05. The molecule has 144 valence electrons. The van der Waals surface area contributed by atoms with Gasteiger partial charge in [-0.3, -0.25) is 14.4 Å². The topological polar surface area (TPSA) is 87.2 Å². The number of carboxylic acid groups (broad SMARTS) is 1. The van der Waals surface area contributed by atoms with Crippen LogP contribution in [0.5, 0.6) is 0 Å². The Bertz CT molecular complexity index is 790. The number of nitrogens with zero attached hydrogens (tertiary/aromatic N) is 2. The van der Waals surface area contributed by atoms with Gasteiger partial charge in [0.1, 0.15) is 5.41 Å². The molecule has 1 fully saturated rings. The second-order valence-corrected chi connectivity index (χ2v) is 7.17. The maximum Gasteiger partial charge on any atom is 0.313 e. The Balaban J connectivity index is 1.79. The minimum Gasteiger partial charge on any atom is -0.481 e. The fourth-order valence-electron chi connectivity index (χ4n) is 3.92. The molecule has 0 spiro atoms. The van der Waals surface area contributed by atoms with E-state index in [4.69, 9.17) is 4.74 Å². The van der Waals surface area contributed by atoms with Crippen molar-refractivity contribution in [2.45, 2.75) is 25.8 Å². The molecule has 2 unspecified atom stereocenters. The van der Waals surface area contributed by atoms with Crippen molar-refractivity contribution in [3.05, 3.63) is 41.6 Å². The number of hydrogen-bond donors (Lipinski definition) is 1. The molecule has 3 rings (SSSR count). The van der Waals surface area contributed by atoms with Crippen molar-refractivity contribution < 1.29 is 24.2 Å². The van der Waals surface area contributed by atoms with E-state index in [1.54, 1.807) is 16.0 Å². The van der Waals surface area contributed by atoms with Crippen LogP contribution in [0.1, 0.15) is 36.9 Å². The number of aliphatic carboxylic acids is 1. The van der Waals surface area contributed by atoms with Crippen LogP contribution in [0.25, 0.3) is 6.08 Å². The smallest absolute Gasteiger partial charge is 0.313 e. The third-order valence-corrected chi connectivity index (χ3v) is 5.42. The number of hydrogen-bond acceptors (Lipinski definition) is 4. The average Bonchev–Trinajstić information content (AvgIpc) is 3.08. The summed E-state index contributed by atoms with van der Waals surface area (Å²) in [5, 5.41) is 9.58. The van der Waals surface area contributed by atoms with E-state index in [1.807, 2.05) is 30.3 Å². The molecule has 0 aromatic heterocycles. The summed E-state index contributed by atoms with van der Waals surface area (Å²) in [6, 6.07) is 7.28. The third-order valence-electron chi connectivity index (χ3n) is 5.42. The molecule has 0 radical (unpaired) electrons. The lowest BCUT2D eigenvalue weighted by molar-refractivity contribution is -0.151. The van der Waals surface area contributed by atoms with Crippen LogP contribution in [0.2, 0.25) is 0 Å². The minimum absolute atomic E-state index is 0.0701. The zero-order chi connectivity index (χ0) is 19.6. The van der Waals surface area contributed by atoms with Crippen LogP contribution in [-0.4, -0.2) is 59.5 Å². The summed E-state index contributed by atoms with van der Waals surface area (Å²) in [5.74, 6) is -1.24. The van der Waals surface area contributed by atoms with Crippen LogP contribution in [0.15, 0.2) is 30.5 Å². The summed E-state index contributed by atoms with van der Waals surface area (Å²) in [6.45, 7) is 2.04. The van der Waals surface area contributed by atoms with Gasteiger partial charge in [-0.25, -0.2) is 0 Å². The van der Waals surface area contributed by atoms with Gasteiger partial charge in [-0.05, 0) is 23.6 Å². The summed E-state index contributed by atoms with van der Waals surface area (Å²) in [5.41, 5.74) is 0.840. The number of ether oxygens (including phenoxy) is 1. The van der Waals surface area contributed by atoms with E-state index >= 15 is 0 Å². The summed E-state index contributed by atoms with van der Waals surface area (Å²) >= 11 is 0. The lowest BCUT2D eigenvalue weighted by Crippen LogP contribution is -2.41. The Labute approximate surface area is 158 Å². The van der Waals surface area contributed by atoms with Crippen molar-refractivity contribution in [2.75, 3.05) is 26.8 Å². The van der Waals surface area contributed by atoms with Crippen LogP contribution < -0.4 is 0 Å². The Morgan fingerprint density at radius 2 is 2.04 bits per heavy atom. The second kappa shape index (κ2) is 7.52. The number of carbonyl (C=O) groups is 3. The molecular weight excluding hydrogens is 348 g/mol. The maximum atomic E-state index is 12.9. The Hall–Kier alpha value is -2.67. The number of benzene rings is 1. The second-order valence-electron chi connectivity index (χ2n) is 7.17. The highest BCUT2D eigenvalue weighted by Crippen LogP contribution is 2.36. The van der Waals surface area contributed by atoms with E-state index in [-0.39, 0.29) is 31.4 Å². The van der Waals surface area contributed by atoms with Crippen molar-refractivity contribution in [1.29, 1.82) is 0 Å². The van der Waals surface area contributed by atoms with Crippen molar-refractivity contribution in [3.63, 3.8) is 0 Å². The fraction of sp³-hybridized carbons (Fsp3) is 0.450. The molecule has 27 heavy (non-hydrogen) atoms. The molecule has 1 aromatic carbocycles. The molecular formula is C20H24N2O5. The zero-order valence-electron chi connectivity index (χ0n) is 15.6. The van der Waals surface area contributed by atoms with Gasteiger partial charge >= 0.3 is 5.97 Å². The van der Waals surface area contributed by atoms with Gasteiger partial charge in [-0.15, -0.1) is 0 Å². The van der Waals surface area contributed by atoms with Gasteiger partial charge in [-0.1, -0.05) is 24.3 Å². The number of methoxy groups -OCH3 is 1. The molecule has 1 saturated heterocycles. The van der Waals surface area contributed by atoms with Gasteiger partial charge in [0.05, 0.1) is 19.1 Å². The highest BCUT2D eigenvalue weighted by molar-refractivity contribution is 5.83. The van der Waals surface area contributed by atoms with E-state index in [2.05, 4.69) is 0 Å². The minimum atomic E-state index is -1.06. The van der Waals surface area contributed by atoms with Crippen molar-refractivity contribution in [2.24, 2.45) is 5.41 Å². The van der Waals surface area contributed by atoms with E-state index in [0.29, 0.717) is 13.0 Å². The average molecular weight is 372 g/mol. The number of fused-ring (bicyclic) bond motifs is 1. The fourth-order valence-corrected chi connectivity index (χ4v) is 3.92. The molecule has 0 bridgehead atoms. The van der Waals surface area contributed by atoms with E-state index in [1.165, 1.54) is 14.0 Å². The maximum absolute atomic E-state index is 12.9. The van der Waals surface area contributed by atoms with Gasteiger partial charge in [0.25, 0.3) is 0 Å². The van der Waals surface area contributed by atoms with Crippen molar-refractivity contribution in [1.82, 2.24) is 9.80 Å². The molecule has 0 aliphatic carbocycles. The highest BCUT2D eigenvalue weighted by Gasteiger charge is 2.46. The molecule has 2 atom stereocenters. The predicted octanol–water partition coefficient (Wildman–Crippen LogP) is 1.90. The Morgan fingerprint density at radius 1 is 1.30 bits per heavy atom. The van der Waals surface area contributed by atoms with Crippen molar-refractivity contribution in [3.8, 4) is 0 Å². The quantitative estimate of drug-likeness (QED) is 0.853. The first-order valence-electron chi connectivity index (χ1n) is 8.94. The molecule has 2 aliphatic heterocycles. The van der Waals surface area contributed by atoms with Gasteiger partial charge in [0.15, 0.2) is 0 Å². The van der Waals surface area contributed by atoms with Gasteiger partial charge in [0.2, 0.25) is 11.8 Å². The van der Waals surface area contributed by atoms with Crippen LogP contribution >= 0.6 is 0 Å². The molecule has 7 nitrogen and oxygen atoms in total. The first-order chi connectivity index (χ1) is 12.9. The number of likely N-dealkylation sites (tertiary alicyclic amines) is 1. The molecule has 2 aliphatic rings. The molecule has 1 N–H and O–H groups in total. The molecule has 1 aromatic rings. The van der Waals surface area contributed by atoms with Crippen LogP contribution in [0.4, 0.5) is 0 Å². The van der Waals surface area contributed by atoms with Crippen LogP contribution in [0, 0.1) is 5.41 Å². The lowest BCUT2D eigenvalue weighted by Gasteiger charge is -2.33. The summed E-state index contributed by atoms with van der Waals surface area (Å²) < 4.78 is 5.08. The molecule has 2 amide bonds. The first kappa shape index (κ1) is 19.1. The molecule has 7 heteroatoms. The van der Waals surface area contributed by atoms with Gasteiger partial charge in [-0.2, -0.15) is 0 Å². The Kier molecular flexibility index (Phi) is 5.32. The lowest BCUT2D eigenvalue weighted by atomic mass is 9.88. The van der Waals surface area contributed by atoms with E-state index < -0.39 is 17.4 Å². The number of amides is 2.